The summed E-state index contributed by atoms with van der Waals surface area (Å²) in [4.78, 5) is 34.6. The summed E-state index contributed by atoms with van der Waals surface area (Å²) < 4.78 is 57.5. The van der Waals surface area contributed by atoms with Crippen LogP contribution >= 0.6 is 0 Å². The van der Waals surface area contributed by atoms with Crippen molar-refractivity contribution in [3.05, 3.63) is 66.5 Å². The SMILES string of the molecule is COCCCCCCOc1cc2ncnc(Oc3ccc(NC(=O)C4(C(=O)Nc5ccc(F)cc5)CC4)cc3F)c2c2c1OCCO2. The Morgan fingerprint density at radius 1 is 0.830 bits per heavy atom. The molecule has 2 N–H and O–H groups in total. The van der Waals surface area contributed by atoms with Crippen LogP contribution in [0.4, 0.5) is 20.2 Å². The Labute approximate surface area is 269 Å². The molecule has 1 saturated carbocycles. The van der Waals surface area contributed by atoms with Crippen LogP contribution in [0, 0.1) is 17.0 Å². The zero-order chi connectivity index (χ0) is 32.8. The van der Waals surface area contributed by atoms with Crippen molar-refractivity contribution in [1.29, 1.82) is 0 Å². The average Bonchev–Trinajstić information content (AvgIpc) is 3.89. The van der Waals surface area contributed by atoms with Gasteiger partial charge in [0, 0.05) is 37.2 Å². The summed E-state index contributed by atoms with van der Waals surface area (Å²) in [5.41, 5.74) is -0.324. The third-order valence-corrected chi connectivity index (χ3v) is 7.96. The molecule has 0 spiro atoms. The summed E-state index contributed by atoms with van der Waals surface area (Å²) in [5, 5.41) is 5.67. The normalized spacial score (nSPS) is 14.4. The number of hydrogen-bond donors (Lipinski definition) is 2. The van der Waals surface area contributed by atoms with Crippen LogP contribution in [-0.4, -0.2) is 55.3 Å². The van der Waals surface area contributed by atoms with E-state index in [4.69, 9.17) is 23.7 Å². The molecule has 3 aromatic carbocycles. The van der Waals surface area contributed by atoms with Gasteiger partial charge < -0.3 is 34.3 Å². The van der Waals surface area contributed by atoms with Crippen molar-refractivity contribution < 1.29 is 42.1 Å². The smallest absolute Gasteiger partial charge is 0.240 e. The Morgan fingerprint density at radius 2 is 1.51 bits per heavy atom. The maximum absolute atomic E-state index is 15.3. The molecule has 2 aliphatic rings. The highest BCUT2D eigenvalue weighted by atomic mass is 19.1. The van der Waals surface area contributed by atoms with Crippen LogP contribution in [0.1, 0.15) is 38.5 Å². The molecule has 6 rings (SSSR count). The number of aromatic nitrogens is 2. The fraction of sp³-hybridized carbons (Fsp3) is 0.353. The number of rotatable bonds is 14. The van der Waals surface area contributed by atoms with E-state index >= 15 is 4.39 Å². The van der Waals surface area contributed by atoms with Crippen LogP contribution in [0.3, 0.4) is 0 Å². The highest BCUT2D eigenvalue weighted by molar-refractivity contribution is 6.16. The van der Waals surface area contributed by atoms with E-state index in [1.165, 1.54) is 42.7 Å². The van der Waals surface area contributed by atoms with Gasteiger partial charge in [-0.05, 0) is 68.5 Å². The lowest BCUT2D eigenvalue weighted by atomic mass is 10.0. The summed E-state index contributed by atoms with van der Waals surface area (Å²) in [6.45, 7) is 1.83. The van der Waals surface area contributed by atoms with Gasteiger partial charge in [0.15, 0.2) is 23.1 Å². The Morgan fingerprint density at radius 3 is 2.21 bits per heavy atom. The van der Waals surface area contributed by atoms with Crippen molar-refractivity contribution in [2.75, 3.05) is 44.2 Å². The van der Waals surface area contributed by atoms with Gasteiger partial charge in [-0.25, -0.2) is 18.7 Å². The van der Waals surface area contributed by atoms with Gasteiger partial charge in [-0.2, -0.15) is 0 Å². The topological polar surface area (TPSA) is 130 Å². The highest BCUT2D eigenvalue weighted by Crippen LogP contribution is 2.49. The maximum Gasteiger partial charge on any atom is 0.240 e. The van der Waals surface area contributed by atoms with E-state index in [-0.39, 0.29) is 23.9 Å². The van der Waals surface area contributed by atoms with Crippen LogP contribution in [-0.2, 0) is 14.3 Å². The van der Waals surface area contributed by atoms with Gasteiger partial charge in [0.1, 0.15) is 36.2 Å². The molecule has 1 aliphatic carbocycles. The summed E-state index contributed by atoms with van der Waals surface area (Å²) in [6.07, 6.45) is 5.85. The molecule has 2 amide bonds. The van der Waals surface area contributed by atoms with E-state index in [2.05, 4.69) is 20.6 Å². The quantitative estimate of drug-likeness (QED) is 0.118. The van der Waals surface area contributed by atoms with E-state index in [9.17, 15) is 14.0 Å². The lowest BCUT2D eigenvalue weighted by Gasteiger charge is -2.23. The second-order valence-electron chi connectivity index (χ2n) is 11.3. The predicted octanol–water partition coefficient (Wildman–Crippen LogP) is 6.41. The van der Waals surface area contributed by atoms with E-state index in [0.29, 0.717) is 59.9 Å². The van der Waals surface area contributed by atoms with Gasteiger partial charge in [-0.15, -0.1) is 0 Å². The molecule has 0 saturated heterocycles. The molecule has 246 valence electrons. The molecule has 0 unspecified atom stereocenters. The second kappa shape index (κ2) is 14.2. The minimum atomic E-state index is -1.30. The number of anilines is 2. The van der Waals surface area contributed by atoms with E-state index in [1.54, 1.807) is 13.2 Å². The first-order chi connectivity index (χ1) is 22.9. The summed E-state index contributed by atoms with van der Waals surface area (Å²) in [7, 11) is 1.69. The van der Waals surface area contributed by atoms with Crippen LogP contribution in [0.25, 0.3) is 10.9 Å². The minimum Gasteiger partial charge on any atom is -0.489 e. The molecule has 11 nitrogen and oxygen atoms in total. The Bertz CT molecular complexity index is 1770. The molecule has 0 radical (unpaired) electrons. The first-order valence-corrected chi connectivity index (χ1v) is 15.4. The minimum absolute atomic E-state index is 0.0477. The third-order valence-electron chi connectivity index (χ3n) is 7.96. The van der Waals surface area contributed by atoms with Gasteiger partial charge in [0.25, 0.3) is 0 Å². The van der Waals surface area contributed by atoms with Crippen molar-refractivity contribution in [2.45, 2.75) is 38.5 Å². The van der Waals surface area contributed by atoms with Crippen LogP contribution < -0.4 is 29.6 Å². The molecular weight excluding hydrogens is 614 g/mol. The molecule has 1 aromatic heterocycles. The molecule has 0 atom stereocenters. The van der Waals surface area contributed by atoms with Gasteiger partial charge in [0.2, 0.25) is 23.4 Å². The second-order valence-corrected chi connectivity index (χ2v) is 11.3. The summed E-state index contributed by atoms with van der Waals surface area (Å²) >= 11 is 0. The molecule has 1 aliphatic heterocycles. The summed E-state index contributed by atoms with van der Waals surface area (Å²) in [5.74, 6) is -1.18. The number of nitrogens with zero attached hydrogens (tertiary/aromatic N) is 2. The van der Waals surface area contributed by atoms with E-state index < -0.39 is 28.9 Å². The number of amides is 2. The van der Waals surface area contributed by atoms with Crippen LogP contribution in [0.15, 0.2) is 54.9 Å². The van der Waals surface area contributed by atoms with Crippen molar-refractivity contribution in [1.82, 2.24) is 9.97 Å². The number of fused-ring (bicyclic) bond motifs is 3. The molecular formula is C34H34F2N4O7. The van der Waals surface area contributed by atoms with E-state index in [0.717, 1.165) is 38.4 Å². The lowest BCUT2D eigenvalue weighted by molar-refractivity contribution is -0.131. The highest BCUT2D eigenvalue weighted by Gasteiger charge is 2.56. The molecule has 4 aromatic rings. The number of halogens is 2. The number of nitrogens with one attached hydrogen (secondary N) is 2. The van der Waals surface area contributed by atoms with Gasteiger partial charge in [-0.1, -0.05) is 6.42 Å². The standard InChI is InChI=1S/C34H34F2N4O7/c1-43-14-4-2-3-5-15-44-27-19-25-28(30-29(27)45-16-17-46-30)31(38-20-37-25)47-26-11-10-23(18-24(26)36)40-33(42)34(12-13-34)32(41)39-22-8-6-21(35)7-9-22/h6-11,18-20H,2-5,12-17H2,1H3,(H,39,41)(H,40,42). The number of hydrogen-bond acceptors (Lipinski definition) is 9. The molecule has 47 heavy (non-hydrogen) atoms. The number of ether oxygens (including phenoxy) is 5. The molecule has 2 heterocycles. The predicted molar refractivity (Wildman–Crippen MR) is 168 cm³/mol. The maximum atomic E-state index is 15.3. The van der Waals surface area contributed by atoms with Crippen molar-refractivity contribution in [3.63, 3.8) is 0 Å². The van der Waals surface area contributed by atoms with Crippen LogP contribution in [0.2, 0.25) is 0 Å². The number of unbranched alkanes of at least 4 members (excludes halogenated alkanes) is 3. The van der Waals surface area contributed by atoms with Gasteiger partial charge in [0.05, 0.1) is 12.1 Å². The van der Waals surface area contributed by atoms with Crippen molar-refractivity contribution in [2.24, 2.45) is 5.41 Å². The fourth-order valence-corrected chi connectivity index (χ4v) is 5.23. The zero-order valence-corrected chi connectivity index (χ0v) is 25.8. The first kappa shape index (κ1) is 31.9. The molecule has 13 heteroatoms. The molecule has 0 bridgehead atoms. The van der Waals surface area contributed by atoms with Gasteiger partial charge in [-0.3, -0.25) is 9.59 Å². The third kappa shape index (κ3) is 7.19. The Kier molecular flexibility index (Phi) is 9.62. The number of carbonyl (C=O) groups is 2. The Balaban J connectivity index is 1.15. The number of methoxy groups -OCH3 is 1. The van der Waals surface area contributed by atoms with Crippen LogP contribution in [0.5, 0.6) is 28.9 Å². The zero-order valence-electron chi connectivity index (χ0n) is 25.8. The van der Waals surface area contributed by atoms with Crippen molar-refractivity contribution >= 4 is 34.1 Å². The largest absolute Gasteiger partial charge is 0.489 e. The molecule has 1 fully saturated rings. The lowest BCUT2D eigenvalue weighted by Crippen LogP contribution is -2.35. The number of carbonyl (C=O) groups excluding carboxylic acids is 2. The Hall–Kier alpha value is -5.04. The first-order valence-electron chi connectivity index (χ1n) is 15.4. The average molecular weight is 649 g/mol. The monoisotopic (exact) mass is 648 g/mol. The summed E-state index contributed by atoms with van der Waals surface area (Å²) in [6, 6.07) is 10.9. The van der Waals surface area contributed by atoms with Gasteiger partial charge >= 0.3 is 0 Å². The fourth-order valence-electron chi connectivity index (χ4n) is 5.23. The van der Waals surface area contributed by atoms with Crippen molar-refractivity contribution in [3.8, 4) is 28.9 Å². The van der Waals surface area contributed by atoms with E-state index in [1.807, 2.05) is 0 Å². The number of benzene rings is 3.